The second kappa shape index (κ2) is 5.61. The first kappa shape index (κ1) is 13.2. The van der Waals surface area contributed by atoms with Crippen LogP contribution in [0.1, 0.15) is 38.7 Å². The summed E-state index contributed by atoms with van der Waals surface area (Å²) in [6.45, 7) is 5.59. The molecule has 1 heterocycles. The topological polar surface area (TPSA) is 38.5 Å². The molecule has 1 fully saturated rings. The fraction of sp³-hybridized carbons (Fsp3) is 0.600. The van der Waals surface area contributed by atoms with Crippen molar-refractivity contribution in [3.63, 3.8) is 0 Å². The van der Waals surface area contributed by atoms with Crippen LogP contribution < -0.4 is 10.5 Å². The van der Waals surface area contributed by atoms with Crippen LogP contribution in [0.2, 0.25) is 0 Å². The average Bonchev–Trinajstić information content (AvgIpc) is 2.71. The fourth-order valence-electron chi connectivity index (χ4n) is 2.94. The Morgan fingerprint density at radius 1 is 1.39 bits per heavy atom. The van der Waals surface area contributed by atoms with Crippen molar-refractivity contribution in [2.45, 2.75) is 51.7 Å². The predicted molar refractivity (Wildman–Crippen MR) is 75.7 cm³/mol. The Kier molecular flexibility index (Phi) is 4.12. The maximum atomic E-state index is 5.96. The van der Waals surface area contributed by atoms with Crippen molar-refractivity contribution in [1.29, 1.82) is 0 Å². The van der Waals surface area contributed by atoms with Crippen LogP contribution in [0.15, 0.2) is 18.2 Å². The Hall–Kier alpha value is -1.22. The number of nitrogens with zero attached hydrogens (tertiary/aromatic N) is 1. The molecule has 0 bridgehead atoms. The molecule has 3 nitrogen and oxygen atoms in total. The molecule has 1 aromatic rings. The molecule has 2 N–H and O–H groups in total. The molecule has 0 aliphatic carbocycles. The highest BCUT2D eigenvalue weighted by atomic mass is 16.5. The number of hydrogen-bond donors (Lipinski definition) is 1. The second-order valence-corrected chi connectivity index (χ2v) is 5.24. The third kappa shape index (κ3) is 2.61. The van der Waals surface area contributed by atoms with E-state index in [1.54, 1.807) is 7.11 Å². The first-order valence-electron chi connectivity index (χ1n) is 6.83. The van der Waals surface area contributed by atoms with Crippen LogP contribution in [-0.2, 0) is 6.54 Å². The highest BCUT2D eigenvalue weighted by molar-refractivity contribution is 5.54. The molecule has 0 saturated carbocycles. The first-order valence-corrected chi connectivity index (χ1v) is 6.83. The molecule has 2 rings (SSSR count). The molecule has 1 saturated heterocycles. The van der Waals surface area contributed by atoms with Crippen LogP contribution in [0.3, 0.4) is 0 Å². The van der Waals surface area contributed by atoms with Crippen LogP contribution in [0, 0.1) is 0 Å². The SMILES string of the molecule is CCC1CCC(C)N1Cc1ccc(OC)c(N)c1. The highest BCUT2D eigenvalue weighted by Gasteiger charge is 2.28. The minimum absolute atomic E-state index is 0.679. The lowest BCUT2D eigenvalue weighted by molar-refractivity contribution is 0.189. The maximum absolute atomic E-state index is 5.96. The summed E-state index contributed by atoms with van der Waals surface area (Å²) in [7, 11) is 1.65. The van der Waals surface area contributed by atoms with E-state index < -0.39 is 0 Å². The normalized spacial score (nSPS) is 24.4. The van der Waals surface area contributed by atoms with E-state index >= 15 is 0 Å². The molecular formula is C15H24N2O. The Morgan fingerprint density at radius 2 is 2.17 bits per heavy atom. The average molecular weight is 248 g/mol. The fourth-order valence-corrected chi connectivity index (χ4v) is 2.94. The lowest BCUT2D eigenvalue weighted by Crippen LogP contribution is -2.33. The van der Waals surface area contributed by atoms with Gasteiger partial charge in [0.15, 0.2) is 0 Å². The number of nitrogen functional groups attached to an aromatic ring is 1. The van der Waals surface area contributed by atoms with Crippen molar-refractivity contribution in [2.75, 3.05) is 12.8 Å². The minimum Gasteiger partial charge on any atom is -0.495 e. The van der Waals surface area contributed by atoms with E-state index in [9.17, 15) is 0 Å². The number of benzene rings is 1. The largest absolute Gasteiger partial charge is 0.495 e. The summed E-state index contributed by atoms with van der Waals surface area (Å²) in [6, 6.07) is 7.53. The van der Waals surface area contributed by atoms with Gasteiger partial charge in [-0.1, -0.05) is 13.0 Å². The number of likely N-dealkylation sites (tertiary alicyclic amines) is 1. The Morgan fingerprint density at radius 3 is 2.78 bits per heavy atom. The summed E-state index contributed by atoms with van der Waals surface area (Å²) in [5.41, 5.74) is 7.97. The van der Waals surface area contributed by atoms with Crippen molar-refractivity contribution in [1.82, 2.24) is 4.90 Å². The van der Waals surface area contributed by atoms with Gasteiger partial charge in [0.05, 0.1) is 12.8 Å². The molecule has 100 valence electrons. The molecule has 0 aromatic heterocycles. The zero-order chi connectivity index (χ0) is 13.1. The van der Waals surface area contributed by atoms with Gasteiger partial charge in [0.25, 0.3) is 0 Å². The van der Waals surface area contributed by atoms with Crippen LogP contribution in [-0.4, -0.2) is 24.1 Å². The maximum Gasteiger partial charge on any atom is 0.141 e. The summed E-state index contributed by atoms with van der Waals surface area (Å²) < 4.78 is 5.19. The molecule has 0 amide bonds. The summed E-state index contributed by atoms with van der Waals surface area (Å²) in [4.78, 5) is 2.60. The van der Waals surface area contributed by atoms with Gasteiger partial charge in [0.2, 0.25) is 0 Å². The number of methoxy groups -OCH3 is 1. The third-order valence-corrected chi connectivity index (χ3v) is 4.08. The van der Waals surface area contributed by atoms with Gasteiger partial charge < -0.3 is 10.5 Å². The molecule has 1 aliphatic heterocycles. The Bertz CT molecular complexity index is 405. The van der Waals surface area contributed by atoms with Gasteiger partial charge in [-0.2, -0.15) is 0 Å². The van der Waals surface area contributed by atoms with Gasteiger partial charge in [0.1, 0.15) is 5.75 Å². The van der Waals surface area contributed by atoms with Crippen molar-refractivity contribution in [2.24, 2.45) is 0 Å². The molecule has 0 spiro atoms. The van der Waals surface area contributed by atoms with Crippen LogP contribution in [0.4, 0.5) is 5.69 Å². The monoisotopic (exact) mass is 248 g/mol. The quantitative estimate of drug-likeness (QED) is 0.832. The number of anilines is 1. The van der Waals surface area contributed by atoms with Gasteiger partial charge in [-0.05, 0) is 43.9 Å². The van der Waals surface area contributed by atoms with Crippen molar-refractivity contribution in [3.8, 4) is 5.75 Å². The van der Waals surface area contributed by atoms with Gasteiger partial charge >= 0.3 is 0 Å². The Balaban J connectivity index is 2.11. The minimum atomic E-state index is 0.679. The van der Waals surface area contributed by atoms with Crippen molar-refractivity contribution >= 4 is 5.69 Å². The predicted octanol–water partition coefficient (Wildman–Crippen LogP) is 3.04. The van der Waals surface area contributed by atoms with Gasteiger partial charge in [-0.25, -0.2) is 0 Å². The standard InChI is InChI=1S/C15H24N2O/c1-4-13-7-5-11(2)17(13)10-12-6-8-15(18-3)14(16)9-12/h6,8-9,11,13H,4-5,7,10,16H2,1-3H3. The smallest absolute Gasteiger partial charge is 0.141 e. The van der Waals surface area contributed by atoms with E-state index in [0.29, 0.717) is 6.04 Å². The van der Waals surface area contributed by atoms with E-state index in [0.717, 1.165) is 24.0 Å². The summed E-state index contributed by atoms with van der Waals surface area (Å²) in [5, 5.41) is 0. The number of rotatable bonds is 4. The molecule has 0 radical (unpaired) electrons. The zero-order valence-corrected chi connectivity index (χ0v) is 11.6. The number of nitrogens with two attached hydrogens (primary N) is 1. The summed E-state index contributed by atoms with van der Waals surface area (Å²) in [5.74, 6) is 0.764. The van der Waals surface area contributed by atoms with Crippen LogP contribution in [0.25, 0.3) is 0 Å². The van der Waals surface area contributed by atoms with E-state index in [-0.39, 0.29) is 0 Å². The third-order valence-electron chi connectivity index (χ3n) is 4.08. The van der Waals surface area contributed by atoms with E-state index in [2.05, 4.69) is 24.8 Å². The van der Waals surface area contributed by atoms with Gasteiger partial charge in [-0.15, -0.1) is 0 Å². The summed E-state index contributed by atoms with van der Waals surface area (Å²) >= 11 is 0. The van der Waals surface area contributed by atoms with Gasteiger partial charge in [0, 0.05) is 18.6 Å². The number of ether oxygens (including phenoxy) is 1. The van der Waals surface area contributed by atoms with Gasteiger partial charge in [-0.3, -0.25) is 4.90 Å². The first-order chi connectivity index (χ1) is 8.65. The summed E-state index contributed by atoms with van der Waals surface area (Å²) in [6.07, 6.45) is 3.86. The molecule has 3 heteroatoms. The second-order valence-electron chi connectivity index (χ2n) is 5.24. The van der Waals surface area contributed by atoms with Crippen LogP contribution in [0.5, 0.6) is 5.75 Å². The van der Waals surface area contributed by atoms with E-state index in [1.165, 1.54) is 24.8 Å². The molecule has 1 aliphatic rings. The van der Waals surface area contributed by atoms with E-state index in [1.807, 2.05) is 12.1 Å². The Labute approximate surface area is 110 Å². The molecule has 18 heavy (non-hydrogen) atoms. The molecule has 1 aromatic carbocycles. The van der Waals surface area contributed by atoms with Crippen molar-refractivity contribution < 1.29 is 4.74 Å². The lowest BCUT2D eigenvalue weighted by Gasteiger charge is -2.27. The van der Waals surface area contributed by atoms with Crippen molar-refractivity contribution in [3.05, 3.63) is 23.8 Å². The van der Waals surface area contributed by atoms with E-state index in [4.69, 9.17) is 10.5 Å². The molecule has 2 unspecified atom stereocenters. The number of hydrogen-bond acceptors (Lipinski definition) is 3. The highest BCUT2D eigenvalue weighted by Crippen LogP contribution is 2.29. The molecular weight excluding hydrogens is 224 g/mol. The molecule has 2 atom stereocenters. The zero-order valence-electron chi connectivity index (χ0n) is 11.6. The van der Waals surface area contributed by atoms with Crippen LogP contribution >= 0.6 is 0 Å². The lowest BCUT2D eigenvalue weighted by atomic mass is 10.1.